The van der Waals surface area contributed by atoms with Crippen LogP contribution in [0.3, 0.4) is 0 Å². The average molecular weight is 264 g/mol. The SMILES string of the molecule is O=C(OF)c1cc(Br)cc([N+](=O)[O-])c1. The minimum Gasteiger partial charge on any atom is -0.258 e. The third-order valence-electron chi connectivity index (χ3n) is 1.40. The molecule has 1 aromatic carbocycles. The number of carbonyl (C=O) groups is 1. The molecule has 0 aromatic heterocycles. The molecule has 0 unspecified atom stereocenters. The van der Waals surface area contributed by atoms with E-state index in [9.17, 15) is 19.4 Å². The Kier molecular flexibility index (Phi) is 3.13. The molecule has 0 heterocycles. The van der Waals surface area contributed by atoms with Crippen LogP contribution in [0.5, 0.6) is 0 Å². The highest BCUT2D eigenvalue weighted by atomic mass is 79.9. The van der Waals surface area contributed by atoms with E-state index in [0.29, 0.717) is 4.47 Å². The molecule has 0 aliphatic heterocycles. The van der Waals surface area contributed by atoms with Crippen molar-refractivity contribution in [1.29, 1.82) is 0 Å². The van der Waals surface area contributed by atoms with Gasteiger partial charge in [0.25, 0.3) is 5.69 Å². The van der Waals surface area contributed by atoms with Crippen molar-refractivity contribution in [2.75, 3.05) is 0 Å². The van der Waals surface area contributed by atoms with Gasteiger partial charge in [-0.25, -0.2) is 9.74 Å². The number of nitro groups is 1. The summed E-state index contributed by atoms with van der Waals surface area (Å²) in [5, 5.41) is 10.4. The second-order valence-electron chi connectivity index (χ2n) is 2.32. The highest BCUT2D eigenvalue weighted by Crippen LogP contribution is 2.21. The molecule has 0 bridgehead atoms. The molecule has 0 radical (unpaired) electrons. The standard InChI is InChI=1S/C7H3BrFNO4/c8-5-1-4(7(11)14-9)2-6(3-5)10(12)13/h1-3H. The van der Waals surface area contributed by atoms with Gasteiger partial charge in [0.05, 0.1) is 10.5 Å². The number of carbonyl (C=O) groups excluding carboxylic acids is 1. The monoisotopic (exact) mass is 263 g/mol. The predicted octanol–water partition coefficient (Wildman–Crippen LogP) is 2.40. The van der Waals surface area contributed by atoms with E-state index < -0.39 is 10.9 Å². The minimum absolute atomic E-state index is 0.228. The zero-order valence-electron chi connectivity index (χ0n) is 6.57. The minimum atomic E-state index is -1.27. The Morgan fingerprint density at radius 1 is 1.50 bits per heavy atom. The van der Waals surface area contributed by atoms with Crippen molar-refractivity contribution in [2.24, 2.45) is 0 Å². The normalized spacial score (nSPS) is 9.57. The second kappa shape index (κ2) is 4.14. The highest BCUT2D eigenvalue weighted by molar-refractivity contribution is 9.10. The van der Waals surface area contributed by atoms with Crippen molar-refractivity contribution in [1.82, 2.24) is 0 Å². The third kappa shape index (κ3) is 2.25. The highest BCUT2D eigenvalue weighted by Gasteiger charge is 2.15. The molecule has 0 aliphatic rings. The van der Waals surface area contributed by atoms with Gasteiger partial charge < -0.3 is 0 Å². The summed E-state index contributed by atoms with van der Waals surface area (Å²) in [5.41, 5.74) is -0.548. The fourth-order valence-corrected chi connectivity index (χ4v) is 1.32. The first-order chi connectivity index (χ1) is 6.54. The number of nitrogens with zero attached hydrogens (tertiary/aromatic N) is 1. The van der Waals surface area contributed by atoms with E-state index in [1.807, 2.05) is 0 Å². The van der Waals surface area contributed by atoms with Crippen molar-refractivity contribution in [3.63, 3.8) is 0 Å². The lowest BCUT2D eigenvalue weighted by Gasteiger charge is -1.97. The molecule has 0 atom stereocenters. The lowest BCUT2D eigenvalue weighted by Crippen LogP contribution is -2.00. The van der Waals surface area contributed by atoms with Gasteiger partial charge in [-0.05, 0) is 6.07 Å². The summed E-state index contributed by atoms with van der Waals surface area (Å²) in [7, 11) is 0. The number of hydrogen-bond acceptors (Lipinski definition) is 4. The molecule has 5 nitrogen and oxygen atoms in total. The van der Waals surface area contributed by atoms with Crippen molar-refractivity contribution >= 4 is 27.6 Å². The van der Waals surface area contributed by atoms with Crippen LogP contribution in [-0.4, -0.2) is 10.9 Å². The molecule has 0 saturated carbocycles. The molecule has 0 fully saturated rings. The number of non-ortho nitro benzene ring substituents is 1. The summed E-state index contributed by atoms with van der Waals surface area (Å²) < 4.78 is 11.8. The largest absolute Gasteiger partial charge is 0.379 e. The van der Waals surface area contributed by atoms with Gasteiger partial charge in [-0.15, -0.1) is 0 Å². The van der Waals surface area contributed by atoms with Gasteiger partial charge in [0.2, 0.25) is 0 Å². The van der Waals surface area contributed by atoms with Crippen LogP contribution >= 0.6 is 15.9 Å². The summed E-state index contributed by atoms with van der Waals surface area (Å²) >= 11 is 2.94. The summed E-state index contributed by atoms with van der Waals surface area (Å²) in [4.78, 5) is 23.3. The van der Waals surface area contributed by atoms with E-state index in [1.165, 1.54) is 12.1 Å². The van der Waals surface area contributed by atoms with Crippen LogP contribution in [-0.2, 0) is 4.94 Å². The van der Waals surface area contributed by atoms with Crippen LogP contribution in [0, 0.1) is 10.1 Å². The van der Waals surface area contributed by atoms with Gasteiger partial charge in [-0.2, -0.15) is 0 Å². The maximum absolute atomic E-state index is 11.5. The Hall–Kier alpha value is -1.50. The fraction of sp³-hybridized carbons (Fsp3) is 0. The quantitative estimate of drug-likeness (QED) is 0.607. The van der Waals surface area contributed by atoms with Crippen LogP contribution in [0.4, 0.5) is 10.2 Å². The number of rotatable bonds is 2. The van der Waals surface area contributed by atoms with Gasteiger partial charge in [0.15, 0.2) is 0 Å². The molecule has 74 valence electrons. The maximum atomic E-state index is 11.5. The first kappa shape index (κ1) is 10.6. The fourth-order valence-electron chi connectivity index (χ4n) is 0.842. The van der Waals surface area contributed by atoms with Crippen LogP contribution in [0.1, 0.15) is 10.4 Å². The first-order valence-electron chi connectivity index (χ1n) is 3.32. The van der Waals surface area contributed by atoms with E-state index >= 15 is 0 Å². The molecular formula is C7H3BrFNO4. The topological polar surface area (TPSA) is 69.4 Å². The molecule has 1 aromatic rings. The van der Waals surface area contributed by atoms with Crippen molar-refractivity contribution in [2.45, 2.75) is 0 Å². The molecule has 0 N–H and O–H groups in total. The molecule has 0 saturated heterocycles. The molecule has 14 heavy (non-hydrogen) atoms. The molecule has 1 rings (SSSR count). The molecular weight excluding hydrogens is 261 g/mol. The Bertz CT molecular complexity index is 395. The summed E-state index contributed by atoms with van der Waals surface area (Å²) in [6.45, 7) is 0. The number of nitro benzene ring substituents is 1. The number of halogens is 2. The zero-order valence-corrected chi connectivity index (χ0v) is 8.15. The molecule has 0 aliphatic carbocycles. The predicted molar refractivity (Wildman–Crippen MR) is 47.3 cm³/mol. The molecule has 0 amide bonds. The van der Waals surface area contributed by atoms with Gasteiger partial charge >= 0.3 is 5.97 Å². The van der Waals surface area contributed by atoms with Crippen LogP contribution in [0.2, 0.25) is 0 Å². The average Bonchev–Trinajstić information content (AvgIpc) is 2.15. The van der Waals surface area contributed by atoms with E-state index in [4.69, 9.17) is 0 Å². The lowest BCUT2D eigenvalue weighted by atomic mass is 10.2. The van der Waals surface area contributed by atoms with Gasteiger partial charge in [0, 0.05) is 21.1 Å². The second-order valence-corrected chi connectivity index (χ2v) is 3.24. The third-order valence-corrected chi connectivity index (χ3v) is 1.86. The first-order valence-corrected chi connectivity index (χ1v) is 4.12. The van der Waals surface area contributed by atoms with Gasteiger partial charge in [-0.3, -0.25) is 10.1 Å². The number of hydrogen-bond donors (Lipinski definition) is 0. The Labute approximate surface area is 85.7 Å². The van der Waals surface area contributed by atoms with E-state index in [-0.39, 0.29) is 11.3 Å². The van der Waals surface area contributed by atoms with Crippen molar-refractivity contribution < 1.29 is 19.2 Å². The van der Waals surface area contributed by atoms with Crippen LogP contribution in [0.25, 0.3) is 0 Å². The Morgan fingerprint density at radius 3 is 2.64 bits per heavy atom. The number of benzene rings is 1. The molecule has 0 spiro atoms. The summed E-state index contributed by atoms with van der Waals surface area (Å²) in [6, 6.07) is 3.33. The summed E-state index contributed by atoms with van der Waals surface area (Å²) in [5.74, 6) is -1.27. The van der Waals surface area contributed by atoms with Crippen molar-refractivity contribution in [3.8, 4) is 0 Å². The van der Waals surface area contributed by atoms with Gasteiger partial charge in [0.1, 0.15) is 0 Å². The van der Waals surface area contributed by atoms with E-state index in [2.05, 4.69) is 20.9 Å². The Balaban J connectivity index is 3.20. The van der Waals surface area contributed by atoms with Crippen LogP contribution < -0.4 is 0 Å². The molecule has 7 heteroatoms. The maximum Gasteiger partial charge on any atom is 0.379 e. The summed E-state index contributed by atoms with van der Waals surface area (Å²) in [6.07, 6.45) is 0. The van der Waals surface area contributed by atoms with Crippen molar-refractivity contribution in [3.05, 3.63) is 38.3 Å². The van der Waals surface area contributed by atoms with E-state index in [1.54, 1.807) is 0 Å². The Morgan fingerprint density at radius 2 is 2.14 bits per heavy atom. The smallest absolute Gasteiger partial charge is 0.258 e. The van der Waals surface area contributed by atoms with Crippen LogP contribution in [0.15, 0.2) is 22.7 Å². The lowest BCUT2D eigenvalue weighted by molar-refractivity contribution is -0.385. The van der Waals surface area contributed by atoms with E-state index in [0.717, 1.165) is 6.07 Å². The van der Waals surface area contributed by atoms with Gasteiger partial charge in [-0.1, -0.05) is 15.9 Å². The zero-order chi connectivity index (χ0) is 10.7.